The Morgan fingerprint density at radius 3 is 2.75 bits per heavy atom. The van der Waals surface area contributed by atoms with Gasteiger partial charge >= 0.3 is 0 Å². The molecule has 0 unspecified atom stereocenters. The van der Waals surface area contributed by atoms with Crippen molar-refractivity contribution in [2.75, 3.05) is 13.1 Å². The zero-order valence-electron chi connectivity index (χ0n) is 15.8. The van der Waals surface area contributed by atoms with Crippen LogP contribution in [0.15, 0.2) is 57.9 Å². The second kappa shape index (κ2) is 6.87. The van der Waals surface area contributed by atoms with Gasteiger partial charge in [-0.3, -0.25) is 14.1 Å². The number of fused-ring (bicyclic) bond motifs is 2. The Hall–Kier alpha value is -2.99. The van der Waals surface area contributed by atoms with Crippen LogP contribution >= 0.6 is 0 Å². The Morgan fingerprint density at radius 1 is 1.11 bits per heavy atom. The van der Waals surface area contributed by atoms with E-state index in [2.05, 4.69) is 14.9 Å². The molecular formula is C22H22N4O2. The zero-order valence-corrected chi connectivity index (χ0v) is 15.8. The van der Waals surface area contributed by atoms with Crippen molar-refractivity contribution >= 4 is 16.7 Å². The molecule has 0 saturated carbocycles. The van der Waals surface area contributed by atoms with Crippen molar-refractivity contribution in [2.24, 2.45) is 0 Å². The maximum absolute atomic E-state index is 12.4. The molecule has 0 radical (unpaired) electrons. The molecule has 0 amide bonds. The number of aromatic nitrogens is 3. The summed E-state index contributed by atoms with van der Waals surface area (Å²) in [5, 5.41) is 0. The van der Waals surface area contributed by atoms with Crippen LogP contribution in [0.25, 0.3) is 16.7 Å². The highest BCUT2D eigenvalue weighted by Crippen LogP contribution is 2.30. The number of piperidine rings is 1. The molecule has 6 heteroatoms. The number of likely N-dealkylation sites (tertiary alicyclic amines) is 1. The van der Waals surface area contributed by atoms with Crippen LogP contribution in [-0.4, -0.2) is 32.4 Å². The molecule has 0 atom stereocenters. The molecule has 4 aromatic rings. The third-order valence-corrected chi connectivity index (χ3v) is 5.49. The van der Waals surface area contributed by atoms with E-state index < -0.39 is 0 Å². The summed E-state index contributed by atoms with van der Waals surface area (Å²) in [6.45, 7) is 4.55. The first kappa shape index (κ1) is 17.1. The van der Waals surface area contributed by atoms with Crippen LogP contribution in [0.5, 0.6) is 0 Å². The van der Waals surface area contributed by atoms with Gasteiger partial charge in [0.1, 0.15) is 11.2 Å². The van der Waals surface area contributed by atoms with Crippen molar-refractivity contribution in [3.05, 3.63) is 76.2 Å². The molecule has 3 aromatic heterocycles. The second-order valence-corrected chi connectivity index (χ2v) is 7.59. The standard InChI is InChI=1S/C22H22N4O2/c1-15-6-7-20-23-17(12-21(27)26(20)13-15)14-25-10-8-16(9-11-25)22-24-18-4-2-3-5-19(18)28-22/h2-7,12-13,16H,8-11,14H2,1H3. The average molecular weight is 374 g/mol. The number of nitrogens with zero attached hydrogens (tertiary/aromatic N) is 4. The minimum atomic E-state index is -0.0231. The van der Waals surface area contributed by atoms with E-state index >= 15 is 0 Å². The zero-order chi connectivity index (χ0) is 19.1. The van der Waals surface area contributed by atoms with Crippen molar-refractivity contribution in [1.82, 2.24) is 19.3 Å². The molecule has 1 saturated heterocycles. The third kappa shape index (κ3) is 3.20. The maximum Gasteiger partial charge on any atom is 0.258 e. The third-order valence-electron chi connectivity index (χ3n) is 5.49. The van der Waals surface area contributed by atoms with Crippen LogP contribution in [0.2, 0.25) is 0 Å². The monoisotopic (exact) mass is 374 g/mol. The summed E-state index contributed by atoms with van der Waals surface area (Å²) in [6.07, 6.45) is 3.83. The minimum Gasteiger partial charge on any atom is -0.440 e. The maximum atomic E-state index is 12.4. The van der Waals surface area contributed by atoms with Gasteiger partial charge in [0.15, 0.2) is 11.5 Å². The Balaban J connectivity index is 1.29. The molecule has 4 heterocycles. The summed E-state index contributed by atoms with van der Waals surface area (Å²) >= 11 is 0. The first-order chi connectivity index (χ1) is 13.7. The molecule has 1 fully saturated rings. The van der Waals surface area contributed by atoms with E-state index in [9.17, 15) is 4.79 Å². The molecule has 5 rings (SSSR count). The van der Waals surface area contributed by atoms with Crippen molar-refractivity contribution < 1.29 is 4.42 Å². The quantitative estimate of drug-likeness (QED) is 0.549. The van der Waals surface area contributed by atoms with Gasteiger partial charge in [0.2, 0.25) is 0 Å². The lowest BCUT2D eigenvalue weighted by molar-refractivity contribution is 0.192. The molecular weight excluding hydrogens is 352 g/mol. The highest BCUT2D eigenvalue weighted by molar-refractivity contribution is 5.72. The van der Waals surface area contributed by atoms with Gasteiger partial charge in [-0.05, 0) is 56.6 Å². The number of hydrogen-bond acceptors (Lipinski definition) is 5. The summed E-state index contributed by atoms with van der Waals surface area (Å²) < 4.78 is 7.56. The summed E-state index contributed by atoms with van der Waals surface area (Å²) in [4.78, 5) is 24.1. The smallest absolute Gasteiger partial charge is 0.258 e. The summed E-state index contributed by atoms with van der Waals surface area (Å²) in [6, 6.07) is 13.4. The van der Waals surface area contributed by atoms with Crippen molar-refractivity contribution in [3.63, 3.8) is 0 Å². The van der Waals surface area contributed by atoms with Gasteiger partial charge in [0, 0.05) is 24.7 Å². The lowest BCUT2D eigenvalue weighted by atomic mass is 9.96. The Kier molecular flexibility index (Phi) is 4.20. The molecule has 6 nitrogen and oxygen atoms in total. The molecule has 0 bridgehead atoms. The van der Waals surface area contributed by atoms with E-state index in [1.54, 1.807) is 10.5 Å². The number of pyridine rings is 1. The van der Waals surface area contributed by atoms with Gasteiger partial charge in [0.05, 0.1) is 5.69 Å². The van der Waals surface area contributed by atoms with Crippen LogP contribution in [-0.2, 0) is 6.54 Å². The van der Waals surface area contributed by atoms with Crippen LogP contribution in [0.4, 0.5) is 0 Å². The van der Waals surface area contributed by atoms with E-state index in [1.807, 2.05) is 49.5 Å². The predicted octanol–water partition coefficient (Wildman–Crippen LogP) is 3.52. The summed E-state index contributed by atoms with van der Waals surface area (Å²) in [5.74, 6) is 1.19. The van der Waals surface area contributed by atoms with Crippen LogP contribution in [0, 0.1) is 6.92 Å². The van der Waals surface area contributed by atoms with Crippen LogP contribution < -0.4 is 5.56 Å². The van der Waals surface area contributed by atoms with Gasteiger partial charge in [-0.15, -0.1) is 0 Å². The Bertz CT molecular complexity index is 1170. The van der Waals surface area contributed by atoms with Gasteiger partial charge in [0.25, 0.3) is 5.56 Å². The lowest BCUT2D eigenvalue weighted by Crippen LogP contribution is -2.33. The predicted molar refractivity (Wildman–Crippen MR) is 107 cm³/mol. The number of rotatable bonds is 3. The molecule has 0 aliphatic carbocycles. The fraction of sp³-hybridized carbons (Fsp3) is 0.318. The fourth-order valence-electron chi connectivity index (χ4n) is 3.97. The number of hydrogen-bond donors (Lipinski definition) is 0. The molecule has 0 spiro atoms. The molecule has 1 aliphatic rings. The van der Waals surface area contributed by atoms with Crippen molar-refractivity contribution in [1.29, 1.82) is 0 Å². The first-order valence-electron chi connectivity index (χ1n) is 9.72. The van der Waals surface area contributed by atoms with Crippen molar-refractivity contribution in [3.8, 4) is 0 Å². The minimum absolute atomic E-state index is 0.0231. The van der Waals surface area contributed by atoms with E-state index in [0.717, 1.165) is 54.2 Å². The average Bonchev–Trinajstić information content (AvgIpc) is 3.13. The second-order valence-electron chi connectivity index (χ2n) is 7.59. The summed E-state index contributed by atoms with van der Waals surface area (Å²) in [5.41, 5.74) is 4.34. The molecule has 1 aliphatic heterocycles. The topological polar surface area (TPSA) is 63.6 Å². The van der Waals surface area contributed by atoms with Gasteiger partial charge < -0.3 is 4.42 Å². The van der Waals surface area contributed by atoms with Gasteiger partial charge in [-0.25, -0.2) is 9.97 Å². The number of oxazole rings is 1. The molecule has 1 aromatic carbocycles. The fourth-order valence-corrected chi connectivity index (χ4v) is 3.97. The molecule has 28 heavy (non-hydrogen) atoms. The number of aryl methyl sites for hydroxylation is 1. The lowest BCUT2D eigenvalue weighted by Gasteiger charge is -2.30. The normalized spacial score (nSPS) is 16.2. The van der Waals surface area contributed by atoms with Crippen LogP contribution in [0.1, 0.15) is 35.9 Å². The van der Waals surface area contributed by atoms with E-state index in [0.29, 0.717) is 18.1 Å². The molecule has 0 N–H and O–H groups in total. The Morgan fingerprint density at radius 2 is 1.93 bits per heavy atom. The highest BCUT2D eigenvalue weighted by atomic mass is 16.3. The number of benzene rings is 1. The van der Waals surface area contributed by atoms with Gasteiger partial charge in [-0.1, -0.05) is 18.2 Å². The van der Waals surface area contributed by atoms with Gasteiger partial charge in [-0.2, -0.15) is 0 Å². The van der Waals surface area contributed by atoms with Crippen LogP contribution in [0.3, 0.4) is 0 Å². The van der Waals surface area contributed by atoms with Crippen molar-refractivity contribution in [2.45, 2.75) is 32.2 Å². The largest absolute Gasteiger partial charge is 0.440 e. The van der Waals surface area contributed by atoms with E-state index in [4.69, 9.17) is 4.42 Å². The highest BCUT2D eigenvalue weighted by Gasteiger charge is 2.25. The first-order valence-corrected chi connectivity index (χ1v) is 9.72. The molecule has 142 valence electrons. The van der Waals surface area contributed by atoms with E-state index in [1.165, 1.54) is 0 Å². The SMILES string of the molecule is Cc1ccc2nc(CN3CCC(c4nc5ccccc5o4)CC3)cc(=O)n2c1. The summed E-state index contributed by atoms with van der Waals surface area (Å²) in [7, 11) is 0. The van der Waals surface area contributed by atoms with E-state index in [-0.39, 0.29) is 5.56 Å². The number of para-hydroxylation sites is 2. The Labute approximate surface area is 162 Å².